The van der Waals surface area contributed by atoms with E-state index in [1.54, 1.807) is 30.0 Å². The molecule has 2 aromatic heterocycles. The predicted octanol–water partition coefficient (Wildman–Crippen LogP) is 6.70. The molecule has 3 aromatic carbocycles. The third kappa shape index (κ3) is 4.04. The first-order chi connectivity index (χ1) is 18.4. The van der Waals surface area contributed by atoms with Crippen molar-refractivity contribution >= 4 is 11.7 Å². The maximum absolute atomic E-state index is 14.5. The van der Waals surface area contributed by atoms with Crippen LogP contribution in [0.3, 0.4) is 0 Å². The SMILES string of the molecule is Cc1ccc(NC(=O)N2Cc3c(C)nn(-c4ccccc4)c3-n3cccc3[C@@H]2c2cccc(F)c2)cc1F. The van der Waals surface area contributed by atoms with Crippen molar-refractivity contribution in [3.8, 4) is 11.5 Å². The Morgan fingerprint density at radius 1 is 0.947 bits per heavy atom. The average Bonchev–Trinajstić information content (AvgIpc) is 3.47. The number of benzene rings is 3. The lowest BCUT2D eigenvalue weighted by Crippen LogP contribution is -2.38. The topological polar surface area (TPSA) is 55.1 Å². The van der Waals surface area contributed by atoms with Crippen molar-refractivity contribution in [1.29, 1.82) is 0 Å². The first-order valence-corrected chi connectivity index (χ1v) is 12.3. The molecule has 6 nitrogen and oxygen atoms in total. The molecular weight excluding hydrogens is 484 g/mol. The van der Waals surface area contributed by atoms with E-state index < -0.39 is 23.7 Å². The van der Waals surface area contributed by atoms with Crippen molar-refractivity contribution in [2.24, 2.45) is 0 Å². The Bertz CT molecular complexity index is 1660. The van der Waals surface area contributed by atoms with Gasteiger partial charge in [0.05, 0.1) is 29.7 Å². The van der Waals surface area contributed by atoms with E-state index in [2.05, 4.69) is 5.32 Å². The zero-order valence-corrected chi connectivity index (χ0v) is 20.9. The number of rotatable bonds is 3. The van der Waals surface area contributed by atoms with Crippen LogP contribution < -0.4 is 5.32 Å². The van der Waals surface area contributed by atoms with Gasteiger partial charge in [-0.3, -0.25) is 0 Å². The highest BCUT2D eigenvalue weighted by atomic mass is 19.1. The highest BCUT2D eigenvalue weighted by Crippen LogP contribution is 2.39. The monoisotopic (exact) mass is 509 g/mol. The molecule has 3 heterocycles. The molecular formula is C30H25F2N5O. The summed E-state index contributed by atoms with van der Waals surface area (Å²) in [5.41, 5.74) is 4.73. The number of amides is 2. The molecule has 8 heteroatoms. The van der Waals surface area contributed by atoms with Gasteiger partial charge in [-0.05, 0) is 73.5 Å². The summed E-state index contributed by atoms with van der Waals surface area (Å²) in [6.07, 6.45) is 1.93. The van der Waals surface area contributed by atoms with Gasteiger partial charge in [0.25, 0.3) is 0 Å². The Morgan fingerprint density at radius 3 is 2.53 bits per heavy atom. The molecule has 0 saturated heterocycles. The Balaban J connectivity index is 1.53. The second kappa shape index (κ2) is 9.30. The van der Waals surface area contributed by atoms with Crippen LogP contribution in [0.5, 0.6) is 0 Å². The number of para-hydroxylation sites is 1. The van der Waals surface area contributed by atoms with Crippen molar-refractivity contribution < 1.29 is 13.6 Å². The van der Waals surface area contributed by atoms with Gasteiger partial charge in [0.1, 0.15) is 17.5 Å². The fraction of sp³-hybridized carbons (Fsp3) is 0.133. The van der Waals surface area contributed by atoms with Crippen LogP contribution in [-0.4, -0.2) is 25.3 Å². The van der Waals surface area contributed by atoms with Crippen LogP contribution in [-0.2, 0) is 6.54 Å². The summed E-state index contributed by atoms with van der Waals surface area (Å²) in [5.74, 6) is 0.0123. The summed E-state index contributed by atoms with van der Waals surface area (Å²) in [6.45, 7) is 3.78. The summed E-state index contributed by atoms with van der Waals surface area (Å²) in [5, 5.41) is 7.67. The smallest absolute Gasteiger partial charge is 0.308 e. The predicted molar refractivity (Wildman–Crippen MR) is 142 cm³/mol. The van der Waals surface area contributed by atoms with E-state index in [4.69, 9.17) is 5.10 Å². The molecule has 190 valence electrons. The maximum atomic E-state index is 14.5. The Hall–Kier alpha value is -4.72. The van der Waals surface area contributed by atoms with E-state index in [1.807, 2.05) is 70.9 Å². The minimum Gasteiger partial charge on any atom is -0.308 e. The molecule has 0 radical (unpaired) electrons. The van der Waals surface area contributed by atoms with E-state index in [9.17, 15) is 13.6 Å². The average molecular weight is 510 g/mol. The normalized spacial score (nSPS) is 14.5. The second-order valence-corrected chi connectivity index (χ2v) is 9.42. The molecule has 0 bridgehead atoms. The largest absolute Gasteiger partial charge is 0.322 e. The van der Waals surface area contributed by atoms with Crippen LogP contribution in [0.2, 0.25) is 0 Å². The third-order valence-electron chi connectivity index (χ3n) is 6.94. The fourth-order valence-electron chi connectivity index (χ4n) is 5.04. The van der Waals surface area contributed by atoms with Crippen molar-refractivity contribution in [2.75, 3.05) is 5.32 Å². The number of hydrogen-bond acceptors (Lipinski definition) is 2. The van der Waals surface area contributed by atoms with E-state index in [1.165, 1.54) is 18.2 Å². The molecule has 6 rings (SSSR count). The minimum atomic E-state index is -0.619. The lowest BCUT2D eigenvalue weighted by Gasteiger charge is -2.31. The Labute approximate surface area is 218 Å². The van der Waals surface area contributed by atoms with Crippen molar-refractivity contribution in [3.05, 3.63) is 131 Å². The maximum Gasteiger partial charge on any atom is 0.322 e. The number of carbonyl (C=O) groups is 1. The van der Waals surface area contributed by atoms with Gasteiger partial charge in [-0.1, -0.05) is 36.4 Å². The first-order valence-electron chi connectivity index (χ1n) is 12.3. The van der Waals surface area contributed by atoms with E-state index in [0.717, 1.165) is 28.5 Å². The molecule has 0 aliphatic carbocycles. The molecule has 1 aliphatic heterocycles. The first kappa shape index (κ1) is 23.7. The van der Waals surface area contributed by atoms with Gasteiger partial charge in [-0.25, -0.2) is 18.3 Å². The number of aromatic nitrogens is 3. The second-order valence-electron chi connectivity index (χ2n) is 9.42. The summed E-state index contributed by atoms with van der Waals surface area (Å²) in [7, 11) is 0. The van der Waals surface area contributed by atoms with Gasteiger partial charge in [0.15, 0.2) is 0 Å². The fourth-order valence-corrected chi connectivity index (χ4v) is 5.04. The summed E-state index contributed by atoms with van der Waals surface area (Å²) >= 11 is 0. The Morgan fingerprint density at radius 2 is 1.76 bits per heavy atom. The van der Waals surface area contributed by atoms with Gasteiger partial charge < -0.3 is 14.8 Å². The molecule has 2 amide bonds. The number of halogens is 2. The summed E-state index contributed by atoms with van der Waals surface area (Å²) < 4.78 is 32.6. The van der Waals surface area contributed by atoms with E-state index >= 15 is 0 Å². The van der Waals surface area contributed by atoms with Crippen LogP contribution in [0.25, 0.3) is 11.5 Å². The Kier molecular flexibility index (Phi) is 5.79. The quantitative estimate of drug-likeness (QED) is 0.294. The number of nitrogens with zero attached hydrogens (tertiary/aromatic N) is 4. The lowest BCUT2D eigenvalue weighted by atomic mass is 10.0. The van der Waals surface area contributed by atoms with Crippen molar-refractivity contribution in [1.82, 2.24) is 19.2 Å². The van der Waals surface area contributed by atoms with Crippen LogP contribution in [0.1, 0.15) is 34.1 Å². The molecule has 1 aliphatic rings. The van der Waals surface area contributed by atoms with Gasteiger partial charge in [0, 0.05) is 17.4 Å². The standard InChI is InChI=1S/C30H25F2N5O/c1-19-13-14-23(17-26(19)32)33-30(38)36-18-25-20(2)34-37(24-10-4-3-5-11-24)29(25)35-15-7-12-27(35)28(36)21-8-6-9-22(31)16-21/h3-17,28H,18H2,1-2H3,(H,33,38)/t28-/m0/s1. The molecule has 1 atom stereocenters. The molecule has 0 spiro atoms. The van der Waals surface area contributed by atoms with Gasteiger partial charge in [-0.2, -0.15) is 5.10 Å². The van der Waals surface area contributed by atoms with E-state index in [0.29, 0.717) is 16.8 Å². The van der Waals surface area contributed by atoms with Crippen LogP contribution >= 0.6 is 0 Å². The third-order valence-corrected chi connectivity index (χ3v) is 6.94. The lowest BCUT2D eigenvalue weighted by molar-refractivity contribution is 0.194. The van der Waals surface area contributed by atoms with E-state index in [-0.39, 0.29) is 6.54 Å². The number of urea groups is 1. The zero-order valence-electron chi connectivity index (χ0n) is 20.9. The van der Waals surface area contributed by atoms with Crippen molar-refractivity contribution in [3.63, 3.8) is 0 Å². The number of fused-ring (bicyclic) bond motifs is 3. The summed E-state index contributed by atoms with van der Waals surface area (Å²) in [6, 6.07) is 23.4. The van der Waals surface area contributed by atoms with Gasteiger partial charge >= 0.3 is 6.03 Å². The highest BCUT2D eigenvalue weighted by Gasteiger charge is 2.36. The number of carbonyl (C=O) groups excluding carboxylic acids is 1. The molecule has 38 heavy (non-hydrogen) atoms. The molecule has 0 fully saturated rings. The van der Waals surface area contributed by atoms with Gasteiger partial charge in [0.2, 0.25) is 0 Å². The number of anilines is 1. The molecule has 0 unspecified atom stereocenters. The van der Waals surface area contributed by atoms with Crippen LogP contribution in [0.15, 0.2) is 91.1 Å². The minimum absolute atomic E-state index is 0.205. The number of aryl methyl sites for hydroxylation is 2. The number of nitrogens with one attached hydrogen (secondary N) is 1. The van der Waals surface area contributed by atoms with Gasteiger partial charge in [-0.15, -0.1) is 0 Å². The number of hydrogen-bond donors (Lipinski definition) is 1. The van der Waals surface area contributed by atoms with Crippen LogP contribution in [0, 0.1) is 25.5 Å². The summed E-state index contributed by atoms with van der Waals surface area (Å²) in [4.78, 5) is 15.5. The molecule has 5 aromatic rings. The molecule has 0 saturated carbocycles. The zero-order chi connectivity index (χ0) is 26.4. The highest BCUT2D eigenvalue weighted by molar-refractivity contribution is 5.90. The molecule has 1 N–H and O–H groups in total. The van der Waals surface area contributed by atoms with Crippen molar-refractivity contribution in [2.45, 2.75) is 26.4 Å². The van der Waals surface area contributed by atoms with Crippen LogP contribution in [0.4, 0.5) is 19.3 Å².